The van der Waals surface area contributed by atoms with Crippen LogP contribution >= 0.6 is 11.3 Å². The van der Waals surface area contributed by atoms with Gasteiger partial charge in [-0.2, -0.15) is 0 Å². The lowest BCUT2D eigenvalue weighted by Gasteiger charge is -2.06. The second-order valence-electron chi connectivity index (χ2n) is 5.45. The average Bonchev–Trinajstić information content (AvgIpc) is 2.98. The van der Waals surface area contributed by atoms with E-state index in [0.717, 1.165) is 34.8 Å². The van der Waals surface area contributed by atoms with E-state index in [2.05, 4.69) is 44.1 Å². The number of hydrogen-bond acceptors (Lipinski definition) is 6. The first kappa shape index (κ1) is 13.5. The molecule has 0 aliphatic carbocycles. The normalized spacial score (nSPS) is 15.2. The molecule has 0 radical (unpaired) electrons. The molecule has 7 heteroatoms. The fourth-order valence-electron chi connectivity index (χ4n) is 2.37. The molecule has 3 rings (SSSR count). The minimum absolute atomic E-state index is 0.424. The second kappa shape index (κ2) is 5.87. The summed E-state index contributed by atoms with van der Waals surface area (Å²) >= 11 is 1.61. The van der Waals surface area contributed by atoms with Crippen molar-refractivity contribution in [2.45, 2.75) is 58.5 Å². The smallest absolute Gasteiger partial charge is 0.206 e. The standard InChI is InChI=1S/C13H20N6S/c1-9(2)12-17-18-13(20-12)14-8-11-16-15-10-6-4-3-5-7-19(10)11/h9H,3-8H2,1-2H3,(H,14,18). The van der Waals surface area contributed by atoms with Crippen molar-refractivity contribution in [1.29, 1.82) is 0 Å². The zero-order valence-corrected chi connectivity index (χ0v) is 12.8. The molecule has 2 aromatic heterocycles. The molecule has 0 bridgehead atoms. The number of aromatic nitrogens is 5. The lowest BCUT2D eigenvalue weighted by molar-refractivity contribution is 0.610. The van der Waals surface area contributed by atoms with E-state index >= 15 is 0 Å². The Morgan fingerprint density at radius 1 is 1.15 bits per heavy atom. The Labute approximate surface area is 122 Å². The number of rotatable bonds is 4. The Morgan fingerprint density at radius 3 is 2.85 bits per heavy atom. The van der Waals surface area contributed by atoms with Gasteiger partial charge in [0, 0.05) is 18.9 Å². The third kappa shape index (κ3) is 2.82. The lowest BCUT2D eigenvalue weighted by atomic mass is 10.2. The molecule has 6 nitrogen and oxygen atoms in total. The second-order valence-corrected chi connectivity index (χ2v) is 6.46. The molecule has 1 N–H and O–H groups in total. The molecule has 0 saturated heterocycles. The fourth-order valence-corrected chi connectivity index (χ4v) is 3.11. The molecule has 0 aromatic carbocycles. The van der Waals surface area contributed by atoms with E-state index in [4.69, 9.17) is 0 Å². The van der Waals surface area contributed by atoms with Crippen LogP contribution in [0.25, 0.3) is 0 Å². The highest BCUT2D eigenvalue weighted by Gasteiger charge is 2.15. The van der Waals surface area contributed by atoms with Crippen molar-refractivity contribution in [2.24, 2.45) is 0 Å². The highest BCUT2D eigenvalue weighted by molar-refractivity contribution is 7.15. The van der Waals surface area contributed by atoms with Crippen LogP contribution in [-0.4, -0.2) is 25.0 Å². The number of nitrogens with zero attached hydrogens (tertiary/aromatic N) is 5. The van der Waals surface area contributed by atoms with E-state index in [0.29, 0.717) is 12.5 Å². The van der Waals surface area contributed by atoms with Crippen LogP contribution in [0.5, 0.6) is 0 Å². The third-order valence-corrected chi connectivity index (χ3v) is 4.70. The molecule has 2 aromatic rings. The summed E-state index contributed by atoms with van der Waals surface area (Å²) in [5, 5.41) is 22.2. The van der Waals surface area contributed by atoms with Crippen LogP contribution < -0.4 is 5.32 Å². The van der Waals surface area contributed by atoms with Gasteiger partial charge in [0.05, 0.1) is 6.54 Å². The molecule has 0 atom stereocenters. The largest absolute Gasteiger partial charge is 0.353 e. The maximum Gasteiger partial charge on any atom is 0.206 e. The average molecular weight is 292 g/mol. The summed E-state index contributed by atoms with van der Waals surface area (Å²) in [5.41, 5.74) is 0. The van der Waals surface area contributed by atoms with Gasteiger partial charge in [-0.05, 0) is 12.8 Å². The zero-order valence-electron chi connectivity index (χ0n) is 12.0. The monoisotopic (exact) mass is 292 g/mol. The van der Waals surface area contributed by atoms with Crippen molar-refractivity contribution >= 4 is 16.5 Å². The van der Waals surface area contributed by atoms with Gasteiger partial charge in [0.2, 0.25) is 5.13 Å². The predicted octanol–water partition coefficient (Wildman–Crippen LogP) is 2.59. The van der Waals surface area contributed by atoms with Crippen LogP contribution in [0, 0.1) is 0 Å². The van der Waals surface area contributed by atoms with E-state index in [1.807, 2.05) is 0 Å². The van der Waals surface area contributed by atoms with E-state index < -0.39 is 0 Å². The van der Waals surface area contributed by atoms with Crippen molar-refractivity contribution in [3.63, 3.8) is 0 Å². The van der Waals surface area contributed by atoms with Crippen LogP contribution in [0.3, 0.4) is 0 Å². The van der Waals surface area contributed by atoms with Crippen LogP contribution in [0.2, 0.25) is 0 Å². The molecular weight excluding hydrogens is 272 g/mol. The minimum atomic E-state index is 0.424. The first-order valence-corrected chi connectivity index (χ1v) is 8.04. The lowest BCUT2D eigenvalue weighted by Crippen LogP contribution is -2.10. The van der Waals surface area contributed by atoms with Crippen LogP contribution in [-0.2, 0) is 19.5 Å². The van der Waals surface area contributed by atoms with Gasteiger partial charge < -0.3 is 9.88 Å². The molecule has 0 unspecified atom stereocenters. The van der Waals surface area contributed by atoms with Crippen molar-refractivity contribution in [3.05, 3.63) is 16.7 Å². The molecular formula is C13H20N6S. The Hall–Kier alpha value is -1.50. The van der Waals surface area contributed by atoms with Gasteiger partial charge in [0.15, 0.2) is 5.82 Å². The van der Waals surface area contributed by atoms with Crippen LogP contribution in [0.4, 0.5) is 5.13 Å². The molecule has 1 aliphatic heterocycles. The number of hydrogen-bond donors (Lipinski definition) is 1. The first-order chi connectivity index (χ1) is 9.74. The Kier molecular flexibility index (Phi) is 3.95. The first-order valence-electron chi connectivity index (χ1n) is 7.22. The van der Waals surface area contributed by atoms with Crippen molar-refractivity contribution in [2.75, 3.05) is 5.32 Å². The Balaban J connectivity index is 1.67. The van der Waals surface area contributed by atoms with Crippen LogP contribution in [0.15, 0.2) is 0 Å². The SMILES string of the molecule is CC(C)c1nnc(NCc2nnc3n2CCCCC3)s1. The van der Waals surface area contributed by atoms with Gasteiger partial charge in [-0.15, -0.1) is 20.4 Å². The maximum absolute atomic E-state index is 4.30. The van der Waals surface area contributed by atoms with E-state index in [-0.39, 0.29) is 0 Å². The van der Waals surface area contributed by atoms with E-state index in [1.165, 1.54) is 19.3 Å². The third-order valence-electron chi connectivity index (χ3n) is 3.52. The van der Waals surface area contributed by atoms with Gasteiger partial charge >= 0.3 is 0 Å². The van der Waals surface area contributed by atoms with E-state index in [9.17, 15) is 0 Å². The van der Waals surface area contributed by atoms with Crippen molar-refractivity contribution in [3.8, 4) is 0 Å². The summed E-state index contributed by atoms with van der Waals surface area (Å²) in [6.45, 7) is 5.96. The highest BCUT2D eigenvalue weighted by atomic mass is 32.1. The topological polar surface area (TPSA) is 68.5 Å². The number of nitrogens with one attached hydrogen (secondary N) is 1. The molecule has 108 valence electrons. The zero-order chi connectivity index (χ0) is 13.9. The van der Waals surface area contributed by atoms with E-state index in [1.54, 1.807) is 11.3 Å². The van der Waals surface area contributed by atoms with Crippen LogP contribution in [0.1, 0.15) is 55.7 Å². The summed E-state index contributed by atoms with van der Waals surface area (Å²) in [6, 6.07) is 0. The number of fused-ring (bicyclic) bond motifs is 1. The molecule has 0 spiro atoms. The molecule has 0 amide bonds. The van der Waals surface area contributed by atoms with Gasteiger partial charge in [-0.25, -0.2) is 0 Å². The van der Waals surface area contributed by atoms with Gasteiger partial charge in [0.25, 0.3) is 0 Å². The molecule has 1 aliphatic rings. The summed E-state index contributed by atoms with van der Waals surface area (Å²) < 4.78 is 2.25. The van der Waals surface area contributed by atoms with Gasteiger partial charge in [-0.1, -0.05) is 31.6 Å². The fraction of sp³-hybridized carbons (Fsp3) is 0.692. The van der Waals surface area contributed by atoms with Crippen molar-refractivity contribution in [1.82, 2.24) is 25.0 Å². The summed E-state index contributed by atoms with van der Waals surface area (Å²) in [7, 11) is 0. The Bertz CT molecular complexity index is 573. The van der Waals surface area contributed by atoms with Gasteiger partial charge in [-0.3, -0.25) is 0 Å². The van der Waals surface area contributed by atoms with Crippen molar-refractivity contribution < 1.29 is 0 Å². The molecule has 0 fully saturated rings. The minimum Gasteiger partial charge on any atom is -0.353 e. The summed E-state index contributed by atoms with van der Waals surface area (Å²) in [6.07, 6.45) is 4.77. The number of anilines is 1. The highest BCUT2D eigenvalue weighted by Crippen LogP contribution is 2.23. The Morgan fingerprint density at radius 2 is 2.05 bits per heavy atom. The molecule has 0 saturated carbocycles. The van der Waals surface area contributed by atoms with Gasteiger partial charge in [0.1, 0.15) is 10.8 Å². The predicted molar refractivity (Wildman–Crippen MR) is 78.9 cm³/mol. The summed E-state index contributed by atoms with van der Waals surface area (Å²) in [5.74, 6) is 2.55. The maximum atomic E-state index is 4.30. The summed E-state index contributed by atoms with van der Waals surface area (Å²) in [4.78, 5) is 0. The molecule has 20 heavy (non-hydrogen) atoms. The molecule has 3 heterocycles. The quantitative estimate of drug-likeness (QED) is 0.938. The number of aryl methyl sites for hydroxylation is 1.